The van der Waals surface area contributed by atoms with Gasteiger partial charge in [-0.2, -0.15) is 0 Å². The molecule has 0 saturated carbocycles. The number of likely N-dealkylation sites (N-methyl/N-ethyl adjacent to an activating group) is 1. The molecule has 0 saturated heterocycles. The Bertz CT molecular complexity index is 1410. The lowest BCUT2D eigenvalue weighted by Crippen LogP contribution is -2.51. The molecule has 0 fully saturated rings. The van der Waals surface area contributed by atoms with Crippen LogP contribution in [0.15, 0.2) is 71.6 Å². The summed E-state index contributed by atoms with van der Waals surface area (Å²) in [5, 5.41) is 3.01. The molecule has 3 aromatic rings. The summed E-state index contributed by atoms with van der Waals surface area (Å²) in [6.07, 6.45) is 0.359. The summed E-state index contributed by atoms with van der Waals surface area (Å²) >= 11 is 6.36. The predicted molar refractivity (Wildman–Crippen MR) is 152 cm³/mol. The van der Waals surface area contributed by atoms with Crippen molar-refractivity contribution in [1.29, 1.82) is 0 Å². The van der Waals surface area contributed by atoms with Crippen LogP contribution in [0.5, 0.6) is 0 Å². The number of rotatable bonds is 10. The minimum Gasteiger partial charge on any atom is -0.357 e. The number of nitrogens with one attached hydrogen (secondary N) is 1. The van der Waals surface area contributed by atoms with Gasteiger partial charge in [0.15, 0.2) is 0 Å². The normalized spacial score (nSPS) is 12.1. The maximum absolute atomic E-state index is 14.0. The van der Waals surface area contributed by atoms with Crippen LogP contribution in [0.3, 0.4) is 0 Å². The fraction of sp³-hybridized carbons (Fsp3) is 0.310. The van der Waals surface area contributed by atoms with Gasteiger partial charge in [-0.1, -0.05) is 66.6 Å². The summed E-state index contributed by atoms with van der Waals surface area (Å²) in [6, 6.07) is 18.1. The Morgan fingerprint density at radius 3 is 2.18 bits per heavy atom. The van der Waals surface area contributed by atoms with Gasteiger partial charge in [0.05, 0.1) is 10.6 Å². The van der Waals surface area contributed by atoms with Gasteiger partial charge in [0.25, 0.3) is 10.0 Å². The van der Waals surface area contributed by atoms with E-state index < -0.39 is 28.5 Å². The van der Waals surface area contributed by atoms with E-state index in [1.54, 1.807) is 24.3 Å². The van der Waals surface area contributed by atoms with Gasteiger partial charge in [0.1, 0.15) is 12.6 Å². The summed E-state index contributed by atoms with van der Waals surface area (Å²) in [7, 11) is -2.62. The topological polar surface area (TPSA) is 86.8 Å². The lowest BCUT2D eigenvalue weighted by atomic mass is 10.1. The van der Waals surface area contributed by atoms with Gasteiger partial charge in [-0.15, -0.1) is 0 Å². The van der Waals surface area contributed by atoms with E-state index in [2.05, 4.69) is 5.32 Å². The third-order valence-corrected chi connectivity index (χ3v) is 8.76. The monoisotopic (exact) mass is 555 g/mol. The second kappa shape index (κ2) is 12.5. The fourth-order valence-corrected chi connectivity index (χ4v) is 5.74. The van der Waals surface area contributed by atoms with E-state index in [1.165, 1.54) is 30.1 Å². The highest BCUT2D eigenvalue weighted by Gasteiger charge is 2.33. The van der Waals surface area contributed by atoms with Crippen molar-refractivity contribution in [2.24, 2.45) is 0 Å². The molecule has 0 heterocycles. The Morgan fingerprint density at radius 2 is 1.61 bits per heavy atom. The number of halogens is 1. The van der Waals surface area contributed by atoms with Crippen molar-refractivity contribution in [2.75, 3.05) is 17.9 Å². The summed E-state index contributed by atoms with van der Waals surface area (Å²) in [6.45, 7) is 7.08. The molecule has 0 unspecified atom stereocenters. The first-order valence-electron chi connectivity index (χ1n) is 12.4. The van der Waals surface area contributed by atoms with Crippen LogP contribution in [-0.2, 0) is 26.2 Å². The SMILES string of the molecule is CC[C@H](C(=O)NC)N(Cc1ccccc1C)C(=O)CN(c1ccc(C)c(Cl)c1)S(=O)(=O)c1ccc(C)cc1. The zero-order chi connectivity index (χ0) is 28.0. The molecule has 0 aliphatic heterocycles. The zero-order valence-corrected chi connectivity index (χ0v) is 23.9. The molecule has 0 aromatic heterocycles. The maximum Gasteiger partial charge on any atom is 0.264 e. The van der Waals surface area contributed by atoms with Gasteiger partial charge in [-0.25, -0.2) is 8.42 Å². The average Bonchev–Trinajstić information content (AvgIpc) is 2.89. The van der Waals surface area contributed by atoms with E-state index in [0.29, 0.717) is 11.4 Å². The molecule has 0 bridgehead atoms. The fourth-order valence-electron chi connectivity index (χ4n) is 4.16. The van der Waals surface area contributed by atoms with Crippen LogP contribution in [0, 0.1) is 20.8 Å². The molecule has 0 radical (unpaired) electrons. The first-order chi connectivity index (χ1) is 18.0. The summed E-state index contributed by atoms with van der Waals surface area (Å²) in [5.41, 5.74) is 3.78. The van der Waals surface area contributed by atoms with Crippen LogP contribution in [0.4, 0.5) is 5.69 Å². The molecule has 1 atom stereocenters. The van der Waals surface area contributed by atoms with Crippen LogP contribution in [0.1, 0.15) is 35.6 Å². The van der Waals surface area contributed by atoms with Gasteiger partial charge < -0.3 is 10.2 Å². The van der Waals surface area contributed by atoms with Gasteiger partial charge >= 0.3 is 0 Å². The third kappa shape index (κ3) is 6.55. The Hall–Kier alpha value is -3.36. The van der Waals surface area contributed by atoms with Crippen molar-refractivity contribution in [3.63, 3.8) is 0 Å². The summed E-state index contributed by atoms with van der Waals surface area (Å²) in [5.74, 6) is -0.822. The number of carbonyl (C=O) groups excluding carboxylic acids is 2. The lowest BCUT2D eigenvalue weighted by molar-refractivity contribution is -0.140. The smallest absolute Gasteiger partial charge is 0.264 e. The molecule has 202 valence electrons. The third-order valence-electron chi connectivity index (χ3n) is 6.57. The number of sulfonamides is 1. The van der Waals surface area contributed by atoms with Crippen molar-refractivity contribution < 1.29 is 18.0 Å². The molecule has 3 rings (SSSR count). The molecular formula is C29H34ClN3O4S. The Kier molecular flexibility index (Phi) is 9.57. The Labute approximate surface area is 230 Å². The lowest BCUT2D eigenvalue weighted by Gasteiger charge is -2.33. The van der Waals surface area contributed by atoms with Gasteiger partial charge in [0, 0.05) is 18.6 Å². The molecule has 0 aliphatic rings. The second-order valence-corrected chi connectivity index (χ2v) is 11.5. The van der Waals surface area contributed by atoms with Crippen LogP contribution < -0.4 is 9.62 Å². The van der Waals surface area contributed by atoms with Crippen molar-refractivity contribution in [2.45, 2.75) is 51.6 Å². The largest absolute Gasteiger partial charge is 0.357 e. The summed E-state index contributed by atoms with van der Waals surface area (Å²) in [4.78, 5) is 28.3. The van der Waals surface area contributed by atoms with Crippen LogP contribution in [0.25, 0.3) is 0 Å². The molecule has 38 heavy (non-hydrogen) atoms. The number of hydrogen-bond donors (Lipinski definition) is 1. The number of benzene rings is 3. The highest BCUT2D eigenvalue weighted by Crippen LogP contribution is 2.29. The quantitative estimate of drug-likeness (QED) is 0.381. The number of aryl methyl sites for hydroxylation is 3. The van der Waals surface area contributed by atoms with E-state index in [9.17, 15) is 18.0 Å². The van der Waals surface area contributed by atoms with Crippen molar-refractivity contribution >= 4 is 39.1 Å². The zero-order valence-electron chi connectivity index (χ0n) is 22.4. The standard InChI is InChI=1S/C29H34ClN3O4S/c1-6-27(29(35)31-5)32(18-23-10-8-7-9-21(23)3)28(34)19-33(24-14-13-22(4)26(30)17-24)38(36,37)25-15-11-20(2)12-16-25/h7-17,27H,6,18-19H2,1-5H3,(H,31,35)/t27-/m1/s1. The van der Waals surface area contributed by atoms with Crippen LogP contribution >= 0.6 is 11.6 Å². The van der Waals surface area contributed by atoms with Crippen LogP contribution in [0.2, 0.25) is 5.02 Å². The van der Waals surface area contributed by atoms with E-state index >= 15 is 0 Å². The number of anilines is 1. The number of hydrogen-bond acceptors (Lipinski definition) is 4. The minimum absolute atomic E-state index is 0.0522. The first kappa shape index (κ1) is 29.2. The molecule has 9 heteroatoms. The number of carbonyl (C=O) groups is 2. The van der Waals surface area contributed by atoms with Gasteiger partial charge in [-0.3, -0.25) is 13.9 Å². The molecule has 3 aromatic carbocycles. The van der Waals surface area contributed by atoms with Crippen molar-refractivity contribution in [1.82, 2.24) is 10.2 Å². The van der Waals surface area contributed by atoms with Gasteiger partial charge in [-0.05, 0) is 68.1 Å². The minimum atomic E-state index is -4.14. The van der Waals surface area contributed by atoms with Gasteiger partial charge in [0.2, 0.25) is 11.8 Å². The van der Waals surface area contributed by atoms with E-state index in [1.807, 2.05) is 52.0 Å². The molecule has 2 amide bonds. The molecular weight excluding hydrogens is 522 g/mol. The average molecular weight is 556 g/mol. The number of amides is 2. The maximum atomic E-state index is 14.0. The van der Waals surface area contributed by atoms with E-state index in [4.69, 9.17) is 11.6 Å². The molecule has 0 spiro atoms. The highest BCUT2D eigenvalue weighted by atomic mass is 35.5. The molecule has 7 nitrogen and oxygen atoms in total. The number of nitrogens with zero attached hydrogens (tertiary/aromatic N) is 2. The Balaban J connectivity index is 2.10. The predicted octanol–water partition coefficient (Wildman–Crippen LogP) is 5.01. The van der Waals surface area contributed by atoms with Crippen molar-refractivity contribution in [3.8, 4) is 0 Å². The summed E-state index contributed by atoms with van der Waals surface area (Å²) < 4.78 is 28.8. The van der Waals surface area contributed by atoms with Crippen molar-refractivity contribution in [3.05, 3.63) is 94.0 Å². The second-order valence-electron chi connectivity index (χ2n) is 9.24. The molecule has 1 N–H and O–H groups in total. The highest BCUT2D eigenvalue weighted by molar-refractivity contribution is 7.92. The van der Waals surface area contributed by atoms with Crippen LogP contribution in [-0.4, -0.2) is 44.8 Å². The van der Waals surface area contributed by atoms with E-state index in [0.717, 1.165) is 26.6 Å². The first-order valence-corrected chi connectivity index (χ1v) is 14.2. The molecule has 0 aliphatic carbocycles. The van der Waals surface area contributed by atoms with E-state index in [-0.39, 0.29) is 23.0 Å². The Morgan fingerprint density at radius 1 is 0.947 bits per heavy atom.